The molecule has 1 N–H and O–H groups in total. The van der Waals surface area contributed by atoms with Gasteiger partial charge in [-0.3, -0.25) is 14.5 Å². The van der Waals surface area contributed by atoms with Gasteiger partial charge in [-0.25, -0.2) is 9.97 Å². The van der Waals surface area contributed by atoms with Crippen LogP contribution in [0.2, 0.25) is 0 Å². The van der Waals surface area contributed by atoms with Crippen molar-refractivity contribution in [2.75, 3.05) is 11.4 Å². The van der Waals surface area contributed by atoms with E-state index in [0.717, 1.165) is 29.9 Å². The van der Waals surface area contributed by atoms with Crippen molar-refractivity contribution in [1.82, 2.24) is 30.0 Å². The number of rotatable bonds is 5. The maximum Gasteiger partial charge on any atom is 0.272 e. The molecule has 0 aliphatic carbocycles. The molecule has 8 heteroatoms. The fourth-order valence-electron chi connectivity index (χ4n) is 3.01. The van der Waals surface area contributed by atoms with Crippen molar-refractivity contribution in [3.8, 4) is 0 Å². The highest BCUT2D eigenvalue weighted by molar-refractivity contribution is 5.92. The molecule has 0 saturated heterocycles. The Morgan fingerprint density at radius 1 is 1.19 bits per heavy atom. The van der Waals surface area contributed by atoms with Crippen molar-refractivity contribution in [1.29, 1.82) is 0 Å². The number of hydrogen-bond acceptors (Lipinski definition) is 6. The molecule has 1 amide bonds. The summed E-state index contributed by atoms with van der Waals surface area (Å²) in [5.74, 6) is 0.512. The van der Waals surface area contributed by atoms with Crippen LogP contribution in [0.5, 0.6) is 0 Å². The normalized spacial score (nSPS) is 13.3. The number of anilines is 1. The zero-order valence-corrected chi connectivity index (χ0v) is 15.2. The van der Waals surface area contributed by atoms with Gasteiger partial charge in [0.25, 0.3) is 5.91 Å². The molecule has 0 radical (unpaired) electrons. The van der Waals surface area contributed by atoms with Crippen LogP contribution in [-0.2, 0) is 26.1 Å². The summed E-state index contributed by atoms with van der Waals surface area (Å²) < 4.78 is 1.88. The van der Waals surface area contributed by atoms with Gasteiger partial charge in [0.1, 0.15) is 0 Å². The van der Waals surface area contributed by atoms with Crippen LogP contribution in [0.1, 0.15) is 34.4 Å². The summed E-state index contributed by atoms with van der Waals surface area (Å²) in [5.41, 5.74) is 3.33. The highest BCUT2D eigenvalue weighted by Gasteiger charge is 2.22. The second-order valence-electron chi connectivity index (χ2n) is 6.41. The smallest absolute Gasteiger partial charge is 0.272 e. The standard InChI is InChI=1S/C19H21N7O/c1-2-14-10-22-19(23-11-14)25-7-8-26-16(13-25)9-17(24-26)18(27)21-12-15-5-3-4-6-20-15/h3-6,9-11H,2,7-8,12-13H2,1H3,(H,21,27). The van der Waals surface area contributed by atoms with Crippen molar-refractivity contribution in [3.63, 3.8) is 0 Å². The monoisotopic (exact) mass is 363 g/mol. The Morgan fingerprint density at radius 3 is 2.78 bits per heavy atom. The topological polar surface area (TPSA) is 88.8 Å². The summed E-state index contributed by atoms with van der Waals surface area (Å²) in [7, 11) is 0. The van der Waals surface area contributed by atoms with Crippen LogP contribution in [-0.4, -0.2) is 37.2 Å². The van der Waals surface area contributed by atoms with Crippen LogP contribution >= 0.6 is 0 Å². The fraction of sp³-hybridized carbons (Fsp3) is 0.316. The molecule has 0 spiro atoms. The van der Waals surface area contributed by atoms with Gasteiger partial charge in [-0.1, -0.05) is 13.0 Å². The second-order valence-corrected chi connectivity index (χ2v) is 6.41. The van der Waals surface area contributed by atoms with E-state index in [1.54, 1.807) is 6.20 Å². The molecule has 0 saturated carbocycles. The van der Waals surface area contributed by atoms with E-state index < -0.39 is 0 Å². The van der Waals surface area contributed by atoms with Crippen molar-refractivity contribution in [2.24, 2.45) is 0 Å². The summed E-state index contributed by atoms with van der Waals surface area (Å²) in [6.45, 7) is 4.55. The van der Waals surface area contributed by atoms with Crippen molar-refractivity contribution >= 4 is 11.9 Å². The fourth-order valence-corrected chi connectivity index (χ4v) is 3.01. The molecule has 1 aliphatic rings. The van der Waals surface area contributed by atoms with E-state index in [2.05, 4.69) is 37.2 Å². The van der Waals surface area contributed by atoms with E-state index in [1.807, 2.05) is 41.3 Å². The minimum absolute atomic E-state index is 0.197. The molecule has 0 fully saturated rings. The third-order valence-electron chi connectivity index (χ3n) is 4.57. The van der Waals surface area contributed by atoms with Gasteiger partial charge in [-0.05, 0) is 30.2 Å². The molecule has 8 nitrogen and oxygen atoms in total. The lowest BCUT2D eigenvalue weighted by atomic mass is 10.2. The molecule has 4 heterocycles. The first kappa shape index (κ1) is 17.1. The largest absolute Gasteiger partial charge is 0.345 e. The maximum atomic E-state index is 12.4. The lowest BCUT2D eigenvalue weighted by molar-refractivity contribution is 0.0944. The number of pyridine rings is 1. The maximum absolute atomic E-state index is 12.4. The van der Waals surface area contributed by atoms with Gasteiger partial charge in [-0.15, -0.1) is 0 Å². The summed E-state index contributed by atoms with van der Waals surface area (Å²) >= 11 is 0. The molecule has 138 valence electrons. The highest BCUT2D eigenvalue weighted by Crippen LogP contribution is 2.18. The number of fused-ring (bicyclic) bond motifs is 1. The Morgan fingerprint density at radius 2 is 2.04 bits per heavy atom. The average Bonchev–Trinajstić information content (AvgIpc) is 3.16. The van der Waals surface area contributed by atoms with Crippen LogP contribution < -0.4 is 10.2 Å². The first-order chi connectivity index (χ1) is 13.2. The average molecular weight is 363 g/mol. The molecule has 0 unspecified atom stereocenters. The molecular formula is C19H21N7O. The van der Waals surface area contributed by atoms with E-state index in [-0.39, 0.29) is 5.91 Å². The van der Waals surface area contributed by atoms with Crippen LogP contribution in [0.4, 0.5) is 5.95 Å². The molecule has 0 bridgehead atoms. The predicted octanol–water partition coefficient (Wildman–Crippen LogP) is 1.58. The SMILES string of the molecule is CCc1cnc(N2CCn3nc(C(=O)NCc4ccccn4)cc3C2)nc1. The van der Waals surface area contributed by atoms with Crippen molar-refractivity contribution in [2.45, 2.75) is 33.0 Å². The van der Waals surface area contributed by atoms with Gasteiger partial charge < -0.3 is 10.2 Å². The molecule has 3 aromatic heterocycles. The van der Waals surface area contributed by atoms with E-state index in [4.69, 9.17) is 0 Å². The third-order valence-corrected chi connectivity index (χ3v) is 4.57. The van der Waals surface area contributed by atoms with Gasteiger partial charge in [0.2, 0.25) is 5.95 Å². The minimum atomic E-state index is -0.197. The Balaban J connectivity index is 1.42. The van der Waals surface area contributed by atoms with Crippen molar-refractivity contribution < 1.29 is 4.79 Å². The first-order valence-electron chi connectivity index (χ1n) is 9.03. The molecule has 3 aromatic rings. The zero-order valence-electron chi connectivity index (χ0n) is 15.2. The summed E-state index contributed by atoms with van der Waals surface area (Å²) in [5, 5.41) is 7.30. The van der Waals surface area contributed by atoms with Crippen LogP contribution in [0.25, 0.3) is 0 Å². The van der Waals surface area contributed by atoms with Gasteiger partial charge in [0.15, 0.2) is 5.69 Å². The number of nitrogens with one attached hydrogen (secondary N) is 1. The first-order valence-corrected chi connectivity index (χ1v) is 9.03. The van der Waals surface area contributed by atoms with Crippen LogP contribution in [0, 0.1) is 0 Å². The van der Waals surface area contributed by atoms with Gasteiger partial charge in [-0.2, -0.15) is 5.10 Å². The number of amides is 1. The lowest BCUT2D eigenvalue weighted by Crippen LogP contribution is -2.35. The Bertz CT molecular complexity index is 921. The summed E-state index contributed by atoms with van der Waals surface area (Å²) in [6.07, 6.45) is 6.36. The Kier molecular flexibility index (Phi) is 4.78. The van der Waals surface area contributed by atoms with E-state index in [9.17, 15) is 4.79 Å². The second kappa shape index (κ2) is 7.53. The zero-order chi connectivity index (χ0) is 18.6. The Labute approximate surface area is 157 Å². The number of carbonyl (C=O) groups is 1. The summed E-state index contributed by atoms with van der Waals surface area (Å²) in [4.78, 5) is 27.6. The van der Waals surface area contributed by atoms with Gasteiger partial charge >= 0.3 is 0 Å². The molecule has 1 aliphatic heterocycles. The van der Waals surface area contributed by atoms with E-state index in [1.165, 1.54) is 0 Å². The summed E-state index contributed by atoms with van der Waals surface area (Å²) in [6, 6.07) is 7.45. The number of nitrogens with zero attached hydrogens (tertiary/aromatic N) is 6. The number of carbonyl (C=O) groups excluding carboxylic acids is 1. The third kappa shape index (κ3) is 3.79. The molecule has 0 aromatic carbocycles. The van der Waals surface area contributed by atoms with Crippen LogP contribution in [0.15, 0.2) is 42.9 Å². The highest BCUT2D eigenvalue weighted by atomic mass is 16.1. The lowest BCUT2D eigenvalue weighted by Gasteiger charge is -2.27. The minimum Gasteiger partial charge on any atom is -0.345 e. The van der Waals surface area contributed by atoms with E-state index in [0.29, 0.717) is 31.3 Å². The van der Waals surface area contributed by atoms with Gasteiger partial charge in [0.05, 0.1) is 31.0 Å². The quantitative estimate of drug-likeness (QED) is 0.740. The van der Waals surface area contributed by atoms with Gasteiger partial charge in [0, 0.05) is 25.1 Å². The number of hydrogen-bond donors (Lipinski definition) is 1. The van der Waals surface area contributed by atoms with Crippen molar-refractivity contribution in [3.05, 3.63) is 65.5 Å². The molecule has 0 atom stereocenters. The molecule has 27 heavy (non-hydrogen) atoms. The van der Waals surface area contributed by atoms with E-state index >= 15 is 0 Å². The molecular weight excluding hydrogens is 342 g/mol. The van der Waals surface area contributed by atoms with Crippen LogP contribution in [0.3, 0.4) is 0 Å². The number of aryl methyl sites for hydroxylation is 1. The number of aromatic nitrogens is 5. The Hall–Kier alpha value is -3.29. The molecule has 4 rings (SSSR count). The predicted molar refractivity (Wildman–Crippen MR) is 100 cm³/mol.